The lowest BCUT2D eigenvalue weighted by atomic mass is 10.1. The van der Waals surface area contributed by atoms with Gasteiger partial charge in [-0.15, -0.1) is 0 Å². The topological polar surface area (TPSA) is 57.8 Å². The average Bonchev–Trinajstić information content (AvgIpc) is 2.86. The van der Waals surface area contributed by atoms with Crippen LogP contribution in [-0.2, 0) is 0 Å². The Balaban J connectivity index is 2.29. The van der Waals surface area contributed by atoms with E-state index in [9.17, 15) is 18.0 Å². The maximum atomic E-state index is 13.3. The summed E-state index contributed by atoms with van der Waals surface area (Å²) in [6, 6.07) is 5.12. The van der Waals surface area contributed by atoms with Gasteiger partial charge in [-0.1, -0.05) is 44.2 Å². The third kappa shape index (κ3) is 3.93. The van der Waals surface area contributed by atoms with Gasteiger partial charge >= 0.3 is 6.18 Å². The number of nitrogens with zero attached hydrogens (tertiary/aromatic N) is 1. The highest BCUT2D eigenvalue weighted by Gasteiger charge is 2.42. The lowest BCUT2D eigenvalue weighted by Gasteiger charge is -2.21. The highest BCUT2D eigenvalue weighted by Crippen LogP contribution is 2.33. The molecular formula is C15H15BrF3N3O. The van der Waals surface area contributed by atoms with Gasteiger partial charge in [0, 0.05) is 0 Å². The summed E-state index contributed by atoms with van der Waals surface area (Å²) in [7, 11) is 0. The fraction of sp³-hybridized carbons (Fsp3) is 0.333. The Bertz CT molecular complexity index is 683. The van der Waals surface area contributed by atoms with Crippen molar-refractivity contribution < 1.29 is 18.0 Å². The highest BCUT2D eigenvalue weighted by atomic mass is 79.9. The number of carbonyl (C=O) groups excluding carboxylic acids is 1. The van der Waals surface area contributed by atoms with Crippen molar-refractivity contribution in [3.05, 3.63) is 51.8 Å². The van der Waals surface area contributed by atoms with Gasteiger partial charge in [0.15, 0.2) is 11.7 Å². The minimum atomic E-state index is -4.61. The first-order valence-electron chi connectivity index (χ1n) is 6.88. The molecule has 8 heteroatoms. The van der Waals surface area contributed by atoms with E-state index in [4.69, 9.17) is 0 Å². The number of halogens is 4. The standard InChI is InChI=1S/C15H15BrF3N3O/c1-8(2)11-10(16)12(22-21-11)14(23)20-13(15(17,18)19)9-6-4-3-5-7-9/h3-8,13H,1-2H3,(H,20,23)(H,21,22). The monoisotopic (exact) mass is 389 g/mol. The van der Waals surface area contributed by atoms with Crippen molar-refractivity contribution in [2.45, 2.75) is 32.0 Å². The Morgan fingerprint density at radius 3 is 2.35 bits per heavy atom. The van der Waals surface area contributed by atoms with E-state index >= 15 is 0 Å². The molecular weight excluding hydrogens is 375 g/mol. The normalized spacial score (nSPS) is 13.2. The zero-order valence-corrected chi connectivity index (χ0v) is 14.0. The number of hydrogen-bond donors (Lipinski definition) is 2. The fourth-order valence-corrected chi connectivity index (χ4v) is 2.89. The van der Waals surface area contributed by atoms with Gasteiger partial charge in [0.2, 0.25) is 0 Å². The molecule has 1 atom stereocenters. The van der Waals surface area contributed by atoms with Crippen molar-refractivity contribution in [3.8, 4) is 0 Å². The van der Waals surface area contributed by atoms with Crippen LogP contribution in [0, 0.1) is 0 Å². The predicted octanol–water partition coefficient (Wildman–Crippen LogP) is 4.33. The lowest BCUT2D eigenvalue weighted by molar-refractivity contribution is -0.155. The maximum Gasteiger partial charge on any atom is 0.412 e. The van der Waals surface area contributed by atoms with E-state index in [1.54, 1.807) is 6.07 Å². The number of aromatic amines is 1. The Kier molecular flexibility index (Phi) is 5.13. The third-order valence-electron chi connectivity index (χ3n) is 3.26. The molecule has 23 heavy (non-hydrogen) atoms. The van der Waals surface area contributed by atoms with Crippen LogP contribution in [0.2, 0.25) is 0 Å². The molecule has 0 aliphatic carbocycles. The zero-order chi connectivity index (χ0) is 17.2. The number of alkyl halides is 3. The van der Waals surface area contributed by atoms with Crippen molar-refractivity contribution in [1.29, 1.82) is 0 Å². The van der Waals surface area contributed by atoms with Crippen LogP contribution in [0.1, 0.15) is 47.6 Å². The van der Waals surface area contributed by atoms with Crippen LogP contribution in [0.15, 0.2) is 34.8 Å². The van der Waals surface area contributed by atoms with Gasteiger partial charge in [-0.3, -0.25) is 9.89 Å². The van der Waals surface area contributed by atoms with Gasteiger partial charge in [-0.05, 0) is 27.4 Å². The van der Waals surface area contributed by atoms with Crippen LogP contribution in [0.4, 0.5) is 13.2 Å². The van der Waals surface area contributed by atoms with E-state index in [-0.39, 0.29) is 17.2 Å². The van der Waals surface area contributed by atoms with Crippen molar-refractivity contribution >= 4 is 21.8 Å². The molecule has 4 nitrogen and oxygen atoms in total. The molecule has 2 aromatic rings. The van der Waals surface area contributed by atoms with Crippen molar-refractivity contribution in [3.63, 3.8) is 0 Å². The smallest absolute Gasteiger partial charge is 0.335 e. The Labute approximate surface area is 139 Å². The minimum Gasteiger partial charge on any atom is -0.335 e. The van der Waals surface area contributed by atoms with Crippen LogP contribution in [-0.4, -0.2) is 22.3 Å². The molecule has 0 saturated carbocycles. The first kappa shape index (κ1) is 17.5. The van der Waals surface area contributed by atoms with E-state index in [0.29, 0.717) is 10.2 Å². The largest absolute Gasteiger partial charge is 0.412 e. The molecule has 1 heterocycles. The minimum absolute atomic E-state index is 0.0379. The quantitative estimate of drug-likeness (QED) is 0.817. The Morgan fingerprint density at radius 1 is 1.26 bits per heavy atom. The number of carbonyl (C=O) groups is 1. The SMILES string of the molecule is CC(C)c1[nH]nc(C(=O)NC(c2ccccc2)C(F)(F)F)c1Br. The summed E-state index contributed by atoms with van der Waals surface area (Å²) in [6.07, 6.45) is -4.61. The number of amides is 1. The summed E-state index contributed by atoms with van der Waals surface area (Å²) >= 11 is 3.21. The number of rotatable bonds is 4. The number of H-pyrrole nitrogens is 1. The molecule has 0 aliphatic rings. The molecule has 1 aromatic carbocycles. The highest BCUT2D eigenvalue weighted by molar-refractivity contribution is 9.10. The summed E-state index contributed by atoms with van der Waals surface area (Å²) in [4.78, 5) is 12.2. The van der Waals surface area contributed by atoms with E-state index in [2.05, 4.69) is 26.1 Å². The maximum absolute atomic E-state index is 13.3. The molecule has 1 unspecified atom stereocenters. The molecule has 124 valence electrons. The van der Waals surface area contributed by atoms with E-state index in [1.165, 1.54) is 24.3 Å². The Hall–Kier alpha value is -1.83. The fourth-order valence-electron chi connectivity index (χ4n) is 2.07. The van der Waals surface area contributed by atoms with Gasteiger partial charge < -0.3 is 5.32 Å². The van der Waals surface area contributed by atoms with Gasteiger partial charge in [0.05, 0.1) is 10.2 Å². The van der Waals surface area contributed by atoms with Crippen LogP contribution in [0.3, 0.4) is 0 Å². The van der Waals surface area contributed by atoms with E-state index in [1.807, 2.05) is 19.2 Å². The third-order valence-corrected chi connectivity index (χ3v) is 4.06. The zero-order valence-electron chi connectivity index (χ0n) is 12.4. The first-order valence-corrected chi connectivity index (χ1v) is 7.67. The van der Waals surface area contributed by atoms with Crippen molar-refractivity contribution in [2.75, 3.05) is 0 Å². The van der Waals surface area contributed by atoms with Gasteiger partial charge in [-0.2, -0.15) is 18.3 Å². The number of nitrogens with one attached hydrogen (secondary N) is 2. The second-order valence-electron chi connectivity index (χ2n) is 5.31. The number of hydrogen-bond acceptors (Lipinski definition) is 2. The van der Waals surface area contributed by atoms with E-state index < -0.39 is 18.1 Å². The van der Waals surface area contributed by atoms with Gasteiger partial charge in [0.25, 0.3) is 5.91 Å². The average molecular weight is 390 g/mol. The molecule has 0 radical (unpaired) electrons. The Morgan fingerprint density at radius 2 is 1.87 bits per heavy atom. The van der Waals surface area contributed by atoms with Crippen LogP contribution in [0.5, 0.6) is 0 Å². The van der Waals surface area contributed by atoms with Gasteiger partial charge in [0.1, 0.15) is 0 Å². The molecule has 0 saturated heterocycles. The van der Waals surface area contributed by atoms with E-state index in [0.717, 1.165) is 0 Å². The number of aromatic nitrogens is 2. The summed E-state index contributed by atoms with van der Waals surface area (Å²) in [5, 5.41) is 8.49. The molecule has 2 rings (SSSR count). The van der Waals surface area contributed by atoms with Crippen LogP contribution < -0.4 is 5.32 Å². The second-order valence-corrected chi connectivity index (χ2v) is 6.11. The first-order chi connectivity index (χ1) is 10.7. The molecule has 2 N–H and O–H groups in total. The molecule has 0 aliphatic heterocycles. The summed E-state index contributed by atoms with van der Waals surface area (Å²) in [5.74, 6) is -0.850. The molecule has 0 spiro atoms. The molecule has 0 bridgehead atoms. The second kappa shape index (κ2) is 6.74. The summed E-state index contributed by atoms with van der Waals surface area (Å²) in [5.41, 5.74) is 0.515. The number of benzene rings is 1. The summed E-state index contributed by atoms with van der Waals surface area (Å²) < 4.78 is 40.2. The van der Waals surface area contributed by atoms with Crippen LogP contribution >= 0.6 is 15.9 Å². The lowest BCUT2D eigenvalue weighted by Crippen LogP contribution is -2.38. The predicted molar refractivity (Wildman–Crippen MR) is 83.1 cm³/mol. The molecule has 1 amide bonds. The van der Waals surface area contributed by atoms with Crippen molar-refractivity contribution in [2.24, 2.45) is 0 Å². The van der Waals surface area contributed by atoms with Gasteiger partial charge in [-0.25, -0.2) is 0 Å². The molecule has 1 aromatic heterocycles. The van der Waals surface area contributed by atoms with Crippen LogP contribution in [0.25, 0.3) is 0 Å². The van der Waals surface area contributed by atoms with Crippen molar-refractivity contribution in [1.82, 2.24) is 15.5 Å². The summed E-state index contributed by atoms with van der Waals surface area (Å²) in [6.45, 7) is 3.75. The molecule has 0 fully saturated rings.